The van der Waals surface area contributed by atoms with Crippen molar-refractivity contribution in [3.8, 4) is 0 Å². The second-order valence-electron chi connectivity index (χ2n) is 5.42. The number of rotatable bonds is 1. The van der Waals surface area contributed by atoms with Gasteiger partial charge in [-0.1, -0.05) is 17.7 Å². The van der Waals surface area contributed by atoms with E-state index in [-0.39, 0.29) is 5.92 Å². The molecule has 2 aliphatic heterocycles. The van der Waals surface area contributed by atoms with Gasteiger partial charge in [-0.25, -0.2) is 0 Å². The van der Waals surface area contributed by atoms with Crippen LogP contribution in [0.3, 0.4) is 0 Å². The summed E-state index contributed by atoms with van der Waals surface area (Å²) in [6, 6.07) is 6.45. The van der Waals surface area contributed by atoms with E-state index in [0.29, 0.717) is 5.91 Å². The van der Waals surface area contributed by atoms with Crippen molar-refractivity contribution in [2.24, 2.45) is 5.92 Å². The number of nitrogens with zero attached hydrogens (tertiary/aromatic N) is 1. The first-order chi connectivity index (χ1) is 8.75. The minimum absolute atomic E-state index is 0.178. The quantitative estimate of drug-likeness (QED) is 0.818. The molecule has 3 heteroatoms. The molecule has 0 radical (unpaired) electrons. The molecular weight excluding hydrogens is 224 g/mol. The third-order valence-electron chi connectivity index (χ3n) is 4.03. The van der Waals surface area contributed by atoms with Gasteiger partial charge >= 0.3 is 0 Å². The van der Waals surface area contributed by atoms with E-state index in [9.17, 15) is 4.79 Å². The molecule has 1 saturated heterocycles. The lowest BCUT2D eigenvalue weighted by atomic mass is 9.97. The van der Waals surface area contributed by atoms with Crippen molar-refractivity contribution >= 4 is 11.6 Å². The second kappa shape index (κ2) is 4.73. The highest BCUT2D eigenvalue weighted by molar-refractivity contribution is 5.96. The highest BCUT2D eigenvalue weighted by atomic mass is 16.2. The van der Waals surface area contributed by atoms with Crippen LogP contribution in [0.4, 0.5) is 5.69 Å². The number of anilines is 1. The minimum Gasteiger partial charge on any atom is -0.316 e. The number of fused-ring (bicyclic) bond motifs is 1. The summed E-state index contributed by atoms with van der Waals surface area (Å²) in [5, 5.41) is 3.28. The van der Waals surface area contributed by atoms with Gasteiger partial charge in [0.05, 0.1) is 5.92 Å². The van der Waals surface area contributed by atoms with Crippen LogP contribution in [0.15, 0.2) is 18.2 Å². The van der Waals surface area contributed by atoms with Crippen LogP contribution in [-0.2, 0) is 11.2 Å². The Morgan fingerprint density at radius 3 is 3.11 bits per heavy atom. The molecule has 0 aliphatic carbocycles. The first-order valence-corrected chi connectivity index (χ1v) is 6.87. The summed E-state index contributed by atoms with van der Waals surface area (Å²) in [4.78, 5) is 14.5. The molecule has 1 unspecified atom stereocenters. The number of nitrogens with one attached hydrogen (secondary N) is 1. The Hall–Kier alpha value is -1.35. The molecule has 1 amide bonds. The van der Waals surface area contributed by atoms with Crippen LogP contribution in [0.25, 0.3) is 0 Å². The highest BCUT2D eigenvalue weighted by Crippen LogP contribution is 2.29. The molecule has 3 nitrogen and oxygen atoms in total. The van der Waals surface area contributed by atoms with Crippen molar-refractivity contribution in [3.63, 3.8) is 0 Å². The highest BCUT2D eigenvalue weighted by Gasteiger charge is 2.30. The van der Waals surface area contributed by atoms with Gasteiger partial charge in [-0.05, 0) is 44.4 Å². The minimum atomic E-state index is 0.178. The van der Waals surface area contributed by atoms with E-state index in [4.69, 9.17) is 0 Å². The van der Waals surface area contributed by atoms with Gasteiger partial charge in [-0.15, -0.1) is 0 Å². The summed E-state index contributed by atoms with van der Waals surface area (Å²) in [6.45, 7) is 4.81. The summed E-state index contributed by atoms with van der Waals surface area (Å²) in [6.07, 6.45) is 3.17. The molecule has 2 aliphatic rings. The fraction of sp³-hybridized carbons (Fsp3) is 0.533. The molecule has 18 heavy (non-hydrogen) atoms. The van der Waals surface area contributed by atoms with Gasteiger partial charge in [0.15, 0.2) is 0 Å². The zero-order valence-electron chi connectivity index (χ0n) is 10.9. The fourth-order valence-corrected chi connectivity index (χ4v) is 3.04. The number of aryl methyl sites for hydroxylation is 2. The molecule has 1 N–H and O–H groups in total. The van der Waals surface area contributed by atoms with E-state index in [1.54, 1.807) is 0 Å². The van der Waals surface area contributed by atoms with Gasteiger partial charge in [-0.3, -0.25) is 4.79 Å². The van der Waals surface area contributed by atoms with Crippen LogP contribution in [0.1, 0.15) is 24.0 Å². The smallest absolute Gasteiger partial charge is 0.231 e. The Labute approximate surface area is 108 Å². The molecule has 1 fully saturated rings. The number of carbonyl (C=O) groups excluding carboxylic acids is 1. The Kier molecular flexibility index (Phi) is 3.08. The summed E-state index contributed by atoms with van der Waals surface area (Å²) in [7, 11) is 0. The van der Waals surface area contributed by atoms with E-state index < -0.39 is 0 Å². The fourth-order valence-electron chi connectivity index (χ4n) is 3.04. The van der Waals surface area contributed by atoms with Crippen molar-refractivity contribution in [1.29, 1.82) is 0 Å². The van der Waals surface area contributed by atoms with Crippen LogP contribution >= 0.6 is 0 Å². The summed E-state index contributed by atoms with van der Waals surface area (Å²) in [5.74, 6) is 0.488. The number of hydrogen-bond acceptors (Lipinski definition) is 2. The summed E-state index contributed by atoms with van der Waals surface area (Å²) in [5.41, 5.74) is 3.76. The molecule has 1 aromatic rings. The Morgan fingerprint density at radius 1 is 1.44 bits per heavy atom. The number of carbonyl (C=O) groups is 1. The normalized spacial score (nSPS) is 22.9. The first kappa shape index (κ1) is 11.7. The van der Waals surface area contributed by atoms with Gasteiger partial charge in [0.25, 0.3) is 0 Å². The van der Waals surface area contributed by atoms with Crippen LogP contribution in [0, 0.1) is 12.8 Å². The van der Waals surface area contributed by atoms with Crippen molar-refractivity contribution < 1.29 is 4.79 Å². The molecule has 0 saturated carbocycles. The van der Waals surface area contributed by atoms with Crippen LogP contribution < -0.4 is 10.2 Å². The zero-order valence-corrected chi connectivity index (χ0v) is 10.9. The molecular formula is C15H20N2O. The second-order valence-corrected chi connectivity index (χ2v) is 5.42. The Bertz CT molecular complexity index is 464. The van der Waals surface area contributed by atoms with Gasteiger partial charge in [0.2, 0.25) is 5.91 Å². The molecule has 0 aromatic heterocycles. The van der Waals surface area contributed by atoms with Crippen molar-refractivity contribution in [3.05, 3.63) is 29.3 Å². The van der Waals surface area contributed by atoms with E-state index in [2.05, 4.69) is 30.4 Å². The maximum absolute atomic E-state index is 12.5. The maximum atomic E-state index is 12.5. The zero-order chi connectivity index (χ0) is 12.5. The third kappa shape index (κ3) is 2.03. The topological polar surface area (TPSA) is 32.3 Å². The predicted octanol–water partition coefficient (Wildman–Crippen LogP) is 1.88. The Balaban J connectivity index is 1.88. The monoisotopic (exact) mass is 244 g/mol. The average molecular weight is 244 g/mol. The van der Waals surface area contributed by atoms with Gasteiger partial charge < -0.3 is 10.2 Å². The molecule has 0 spiro atoms. The van der Waals surface area contributed by atoms with Gasteiger partial charge in [0, 0.05) is 18.8 Å². The molecule has 0 bridgehead atoms. The van der Waals surface area contributed by atoms with E-state index in [1.165, 1.54) is 11.1 Å². The maximum Gasteiger partial charge on any atom is 0.231 e. The lowest BCUT2D eigenvalue weighted by Gasteiger charge is -2.31. The number of benzene rings is 1. The SMILES string of the molecule is Cc1ccc2c(c1)CCCN2C(=O)C1CCNC1. The lowest BCUT2D eigenvalue weighted by molar-refractivity contribution is -0.121. The van der Waals surface area contributed by atoms with Crippen molar-refractivity contribution in [2.75, 3.05) is 24.5 Å². The Morgan fingerprint density at radius 2 is 2.33 bits per heavy atom. The molecule has 1 aromatic carbocycles. The van der Waals surface area contributed by atoms with E-state index in [0.717, 1.165) is 44.6 Å². The van der Waals surface area contributed by atoms with E-state index in [1.807, 2.05) is 4.90 Å². The molecule has 96 valence electrons. The van der Waals surface area contributed by atoms with Crippen LogP contribution in [-0.4, -0.2) is 25.5 Å². The molecule has 2 heterocycles. The summed E-state index contributed by atoms with van der Waals surface area (Å²) < 4.78 is 0. The average Bonchev–Trinajstić information content (AvgIpc) is 2.90. The molecule has 3 rings (SSSR count). The van der Waals surface area contributed by atoms with Gasteiger partial charge in [-0.2, -0.15) is 0 Å². The third-order valence-corrected chi connectivity index (χ3v) is 4.03. The first-order valence-electron chi connectivity index (χ1n) is 6.87. The van der Waals surface area contributed by atoms with Crippen molar-refractivity contribution in [2.45, 2.75) is 26.2 Å². The summed E-state index contributed by atoms with van der Waals surface area (Å²) >= 11 is 0. The van der Waals surface area contributed by atoms with Crippen LogP contribution in [0.5, 0.6) is 0 Å². The van der Waals surface area contributed by atoms with E-state index >= 15 is 0 Å². The van der Waals surface area contributed by atoms with Gasteiger partial charge in [0.1, 0.15) is 0 Å². The number of hydrogen-bond donors (Lipinski definition) is 1. The van der Waals surface area contributed by atoms with Crippen LogP contribution in [0.2, 0.25) is 0 Å². The predicted molar refractivity (Wildman–Crippen MR) is 72.8 cm³/mol. The lowest BCUT2D eigenvalue weighted by Crippen LogP contribution is -2.40. The standard InChI is InChI=1S/C15H20N2O/c1-11-4-5-14-12(9-11)3-2-8-17(14)15(18)13-6-7-16-10-13/h4-5,9,13,16H,2-3,6-8,10H2,1H3. The molecule has 1 atom stereocenters. The number of amides is 1. The largest absolute Gasteiger partial charge is 0.316 e. The van der Waals surface area contributed by atoms with Crippen molar-refractivity contribution in [1.82, 2.24) is 5.32 Å².